The summed E-state index contributed by atoms with van der Waals surface area (Å²) in [6.45, 7) is 0.203. The summed E-state index contributed by atoms with van der Waals surface area (Å²) in [5.41, 5.74) is 1.90. The molecule has 1 N–H and O–H groups in total. The normalized spacial score (nSPS) is 26.1. The minimum atomic E-state index is -0.812. The molecule has 2 aliphatic rings. The number of fused-ring (bicyclic) bond motifs is 1. The van der Waals surface area contributed by atoms with Crippen LogP contribution >= 0.6 is 0 Å². The first-order valence-corrected chi connectivity index (χ1v) is 8.21. The number of rotatable bonds is 3. The van der Waals surface area contributed by atoms with Gasteiger partial charge < -0.3 is 14.6 Å². The Kier molecular flexibility index (Phi) is 3.86. The van der Waals surface area contributed by atoms with Crippen molar-refractivity contribution in [3.8, 4) is 11.5 Å². The third-order valence-corrected chi connectivity index (χ3v) is 5.15. The second-order valence-electron chi connectivity index (χ2n) is 6.42. The number of hydrazine groups is 1. The molecule has 2 aromatic rings. The molecule has 6 heteroatoms. The summed E-state index contributed by atoms with van der Waals surface area (Å²) >= 11 is 0. The van der Waals surface area contributed by atoms with Crippen LogP contribution < -0.4 is 9.47 Å². The van der Waals surface area contributed by atoms with E-state index in [-0.39, 0.29) is 18.9 Å². The Hall–Kier alpha value is -2.57. The van der Waals surface area contributed by atoms with Crippen molar-refractivity contribution in [3.05, 3.63) is 59.7 Å². The molecule has 0 unspecified atom stereocenters. The lowest BCUT2D eigenvalue weighted by Crippen LogP contribution is -2.32. The van der Waals surface area contributed by atoms with E-state index in [1.807, 2.05) is 72.6 Å². The topological polar surface area (TPSA) is 62.2 Å². The van der Waals surface area contributed by atoms with Gasteiger partial charge in [-0.3, -0.25) is 4.79 Å². The summed E-state index contributed by atoms with van der Waals surface area (Å²) in [5, 5.41) is 14.0. The first kappa shape index (κ1) is 15.9. The molecule has 6 nitrogen and oxygen atoms in total. The minimum Gasteiger partial charge on any atom is -0.481 e. The predicted octanol–water partition coefficient (Wildman–Crippen LogP) is 2.69. The van der Waals surface area contributed by atoms with Gasteiger partial charge in [0.25, 0.3) is 0 Å². The van der Waals surface area contributed by atoms with Crippen LogP contribution in [0.15, 0.2) is 48.5 Å². The summed E-state index contributed by atoms with van der Waals surface area (Å²) in [4.78, 5) is 12.2. The monoisotopic (exact) mass is 340 g/mol. The average Bonchev–Trinajstić information content (AvgIpc) is 3.18. The van der Waals surface area contributed by atoms with Gasteiger partial charge in [-0.2, -0.15) is 0 Å². The van der Waals surface area contributed by atoms with Gasteiger partial charge in [-0.05, 0) is 23.3 Å². The van der Waals surface area contributed by atoms with Gasteiger partial charge in [0.1, 0.15) is 0 Å². The van der Waals surface area contributed by atoms with E-state index >= 15 is 0 Å². The average molecular weight is 340 g/mol. The Balaban J connectivity index is 1.77. The molecule has 1 fully saturated rings. The van der Waals surface area contributed by atoms with Gasteiger partial charge in [0.15, 0.2) is 11.5 Å². The molecule has 1 saturated heterocycles. The van der Waals surface area contributed by atoms with Crippen molar-refractivity contribution in [3.63, 3.8) is 0 Å². The van der Waals surface area contributed by atoms with Crippen molar-refractivity contribution in [1.29, 1.82) is 0 Å². The summed E-state index contributed by atoms with van der Waals surface area (Å²) in [6.07, 6.45) is 0. The van der Waals surface area contributed by atoms with Crippen LogP contribution in [0.5, 0.6) is 11.5 Å². The first-order chi connectivity index (χ1) is 12.1. The number of ether oxygens (including phenoxy) is 2. The smallest absolute Gasteiger partial charge is 0.310 e. The Morgan fingerprint density at radius 1 is 0.960 bits per heavy atom. The summed E-state index contributed by atoms with van der Waals surface area (Å²) in [6, 6.07) is 14.9. The number of carboxylic acid groups (broad SMARTS) is 1. The molecule has 0 radical (unpaired) electrons. The highest BCUT2D eigenvalue weighted by Crippen LogP contribution is 2.48. The zero-order valence-corrected chi connectivity index (χ0v) is 14.1. The Labute approximate surface area is 146 Å². The number of hydrogen-bond acceptors (Lipinski definition) is 5. The molecule has 130 valence electrons. The Morgan fingerprint density at radius 3 is 2.28 bits per heavy atom. The summed E-state index contributed by atoms with van der Waals surface area (Å²) in [5.74, 6) is -0.0458. The lowest BCUT2D eigenvalue weighted by molar-refractivity contribution is -0.143. The van der Waals surface area contributed by atoms with E-state index in [1.54, 1.807) is 0 Å². The fourth-order valence-electron chi connectivity index (χ4n) is 3.89. The largest absolute Gasteiger partial charge is 0.481 e. The van der Waals surface area contributed by atoms with Gasteiger partial charge in [-0.15, -0.1) is 0 Å². The second kappa shape index (κ2) is 6.06. The fourth-order valence-corrected chi connectivity index (χ4v) is 3.89. The third-order valence-electron chi connectivity index (χ3n) is 5.15. The van der Waals surface area contributed by atoms with Crippen LogP contribution in [-0.4, -0.2) is 42.0 Å². The molecule has 4 rings (SSSR count). The maximum atomic E-state index is 12.2. The van der Waals surface area contributed by atoms with Gasteiger partial charge in [-0.25, -0.2) is 10.0 Å². The molecular formula is C19H20N2O4. The van der Waals surface area contributed by atoms with Crippen LogP contribution in [-0.2, 0) is 4.79 Å². The van der Waals surface area contributed by atoms with Crippen LogP contribution in [0, 0.1) is 5.92 Å². The predicted molar refractivity (Wildman–Crippen MR) is 91.1 cm³/mol. The highest BCUT2D eigenvalue weighted by atomic mass is 16.7. The van der Waals surface area contributed by atoms with Gasteiger partial charge in [0.2, 0.25) is 6.79 Å². The zero-order valence-electron chi connectivity index (χ0n) is 14.1. The van der Waals surface area contributed by atoms with Crippen molar-refractivity contribution in [2.24, 2.45) is 5.92 Å². The molecule has 0 amide bonds. The molecule has 0 spiro atoms. The molecular weight excluding hydrogens is 320 g/mol. The van der Waals surface area contributed by atoms with Crippen molar-refractivity contribution in [1.82, 2.24) is 10.0 Å². The molecule has 0 aliphatic carbocycles. The van der Waals surface area contributed by atoms with Crippen LogP contribution in [0.1, 0.15) is 23.2 Å². The maximum absolute atomic E-state index is 12.2. The van der Waals surface area contributed by atoms with Crippen molar-refractivity contribution >= 4 is 5.97 Å². The van der Waals surface area contributed by atoms with E-state index < -0.39 is 11.9 Å². The van der Waals surface area contributed by atoms with Crippen molar-refractivity contribution in [2.75, 3.05) is 20.9 Å². The quantitative estimate of drug-likeness (QED) is 0.927. The number of carboxylic acids is 1. The molecule has 3 atom stereocenters. The molecule has 0 bridgehead atoms. The van der Waals surface area contributed by atoms with Crippen LogP contribution in [0.3, 0.4) is 0 Å². The van der Waals surface area contributed by atoms with Crippen molar-refractivity contribution < 1.29 is 19.4 Å². The number of nitrogens with zero attached hydrogens (tertiary/aromatic N) is 2. The maximum Gasteiger partial charge on any atom is 0.310 e. The number of carbonyl (C=O) groups is 1. The Morgan fingerprint density at radius 2 is 1.60 bits per heavy atom. The first-order valence-electron chi connectivity index (χ1n) is 8.21. The van der Waals surface area contributed by atoms with E-state index in [9.17, 15) is 9.90 Å². The minimum absolute atomic E-state index is 0.203. The highest BCUT2D eigenvalue weighted by molar-refractivity contribution is 5.73. The molecule has 2 aliphatic heterocycles. The number of aliphatic carboxylic acids is 1. The molecule has 2 aromatic carbocycles. The van der Waals surface area contributed by atoms with Gasteiger partial charge in [0.05, 0.1) is 18.0 Å². The molecule has 2 heterocycles. The van der Waals surface area contributed by atoms with Crippen LogP contribution in [0.4, 0.5) is 0 Å². The lowest BCUT2D eigenvalue weighted by atomic mass is 9.85. The SMILES string of the molecule is CN1[C@@H](c2ccccc2)[C@H](C(=O)O)[C@H](c2ccc3c(c2)OCO3)N1C. The highest BCUT2D eigenvalue weighted by Gasteiger charge is 2.49. The van der Waals surface area contributed by atoms with Gasteiger partial charge in [0, 0.05) is 14.1 Å². The van der Waals surface area contributed by atoms with Gasteiger partial charge in [-0.1, -0.05) is 36.4 Å². The van der Waals surface area contributed by atoms with E-state index in [0.29, 0.717) is 11.5 Å². The van der Waals surface area contributed by atoms with Gasteiger partial charge >= 0.3 is 5.97 Å². The summed E-state index contributed by atoms with van der Waals surface area (Å²) < 4.78 is 10.8. The molecule has 0 aromatic heterocycles. The van der Waals surface area contributed by atoms with E-state index in [0.717, 1.165) is 11.1 Å². The van der Waals surface area contributed by atoms with E-state index in [2.05, 4.69) is 0 Å². The molecule has 0 saturated carbocycles. The van der Waals surface area contributed by atoms with E-state index in [1.165, 1.54) is 0 Å². The van der Waals surface area contributed by atoms with E-state index in [4.69, 9.17) is 9.47 Å². The molecule has 25 heavy (non-hydrogen) atoms. The number of hydrogen-bond donors (Lipinski definition) is 1. The zero-order chi connectivity index (χ0) is 17.6. The van der Waals surface area contributed by atoms with Crippen LogP contribution in [0.2, 0.25) is 0 Å². The van der Waals surface area contributed by atoms with Crippen molar-refractivity contribution in [2.45, 2.75) is 12.1 Å². The van der Waals surface area contributed by atoms with Crippen LogP contribution in [0.25, 0.3) is 0 Å². The third kappa shape index (κ3) is 2.54. The fraction of sp³-hybridized carbons (Fsp3) is 0.316. The number of benzene rings is 2. The standard InChI is InChI=1S/C19H20N2O4/c1-20-17(12-6-4-3-5-7-12)16(19(22)23)18(21(20)2)13-8-9-14-15(10-13)25-11-24-14/h3-10,16-18H,11H2,1-2H3,(H,22,23)/t16-,17-,18-/m0/s1. The Bertz CT molecular complexity index is 795. The summed E-state index contributed by atoms with van der Waals surface area (Å²) in [7, 11) is 3.86. The lowest BCUT2D eigenvalue weighted by Gasteiger charge is -2.27. The second-order valence-corrected chi connectivity index (χ2v) is 6.42.